The third-order valence-electron chi connectivity index (χ3n) is 4.95. The van der Waals surface area contributed by atoms with Gasteiger partial charge >= 0.3 is 6.18 Å². The van der Waals surface area contributed by atoms with Crippen LogP contribution in [0.25, 0.3) is 28.1 Å². The first-order valence-electron chi connectivity index (χ1n) is 9.51. The van der Waals surface area contributed by atoms with E-state index in [1.165, 1.54) is 28.9 Å². The fourth-order valence-corrected chi connectivity index (χ4v) is 3.95. The van der Waals surface area contributed by atoms with Crippen molar-refractivity contribution in [3.05, 3.63) is 90.1 Å². The fourth-order valence-electron chi connectivity index (χ4n) is 3.44. The van der Waals surface area contributed by atoms with E-state index in [9.17, 15) is 21.6 Å². The minimum Gasteiger partial charge on any atom is -0.344 e. The second-order valence-corrected chi connectivity index (χ2v) is 8.81. The largest absolute Gasteiger partial charge is 0.435 e. The van der Waals surface area contributed by atoms with Gasteiger partial charge in [-0.05, 0) is 36.8 Å². The van der Waals surface area contributed by atoms with Crippen LogP contribution in [-0.4, -0.2) is 18.2 Å². The predicted octanol–water partition coefficient (Wildman–Crippen LogP) is 5.34. The van der Waals surface area contributed by atoms with Crippen LogP contribution >= 0.6 is 0 Å². The van der Waals surface area contributed by atoms with Crippen LogP contribution in [0.15, 0.2) is 83.8 Å². The van der Waals surface area contributed by atoms with Gasteiger partial charge in [0.15, 0.2) is 5.69 Å². The molecule has 5 N–H and O–H groups in total. The summed E-state index contributed by atoms with van der Waals surface area (Å²) >= 11 is 0. The maximum atomic E-state index is 14.1. The molecule has 0 unspecified atom stereocenters. The third-order valence-corrected chi connectivity index (χ3v) is 5.88. The predicted molar refractivity (Wildman–Crippen MR) is 121 cm³/mol. The second-order valence-electron chi connectivity index (χ2n) is 7.25. The molecule has 0 saturated heterocycles. The molecule has 0 aliphatic heterocycles. The Morgan fingerprint density at radius 1 is 0.848 bits per heavy atom. The number of nitrogens with two attached hydrogens (primary N) is 1. The van der Waals surface area contributed by atoms with Crippen LogP contribution in [-0.2, 0) is 16.2 Å². The minimum atomic E-state index is -4.71. The topological polar surface area (TPSA) is 113 Å². The van der Waals surface area contributed by atoms with E-state index in [1.807, 2.05) is 6.92 Å². The van der Waals surface area contributed by atoms with Crippen molar-refractivity contribution in [3.63, 3.8) is 0 Å². The van der Waals surface area contributed by atoms with Gasteiger partial charge in [-0.3, -0.25) is 0 Å². The number of alkyl halides is 3. The number of benzene rings is 3. The molecule has 0 aliphatic carbocycles. The summed E-state index contributed by atoms with van der Waals surface area (Å²) < 4.78 is 66.7. The molecular formula is C23H21F3N4O2S. The number of sulfonamides is 1. The van der Waals surface area contributed by atoms with Gasteiger partial charge < -0.3 is 6.15 Å². The molecule has 0 atom stereocenters. The summed E-state index contributed by atoms with van der Waals surface area (Å²) in [6.07, 6.45) is -4.71. The lowest BCUT2D eigenvalue weighted by Gasteiger charge is -2.12. The Balaban J connectivity index is 0.00000306. The highest BCUT2D eigenvalue weighted by Crippen LogP contribution is 2.43. The third kappa shape index (κ3) is 4.82. The van der Waals surface area contributed by atoms with Gasteiger partial charge in [-0.1, -0.05) is 60.2 Å². The molecule has 3 aromatic carbocycles. The molecule has 0 spiro atoms. The van der Waals surface area contributed by atoms with Gasteiger partial charge in [0.2, 0.25) is 10.0 Å². The Morgan fingerprint density at radius 2 is 1.42 bits per heavy atom. The molecule has 1 aromatic heterocycles. The summed E-state index contributed by atoms with van der Waals surface area (Å²) in [5.41, 5.74) is 1.14. The molecule has 0 radical (unpaired) electrons. The van der Waals surface area contributed by atoms with Crippen molar-refractivity contribution in [2.24, 2.45) is 5.14 Å². The first-order chi connectivity index (χ1) is 15.1. The zero-order valence-electron chi connectivity index (χ0n) is 17.5. The Bertz CT molecular complexity index is 1360. The smallest absolute Gasteiger partial charge is 0.344 e. The van der Waals surface area contributed by atoms with Gasteiger partial charge in [0.1, 0.15) is 0 Å². The average Bonchev–Trinajstić information content (AvgIpc) is 3.15. The quantitative estimate of drug-likeness (QED) is 0.415. The van der Waals surface area contributed by atoms with E-state index in [1.54, 1.807) is 54.6 Å². The molecule has 1 heterocycles. The van der Waals surface area contributed by atoms with Crippen LogP contribution in [0.3, 0.4) is 0 Å². The van der Waals surface area contributed by atoms with Crippen molar-refractivity contribution in [1.82, 2.24) is 15.9 Å². The van der Waals surface area contributed by atoms with Gasteiger partial charge in [-0.2, -0.15) is 18.3 Å². The fraction of sp³-hybridized carbons (Fsp3) is 0.0870. The number of rotatable bonds is 4. The van der Waals surface area contributed by atoms with Crippen LogP contribution in [0.5, 0.6) is 0 Å². The zero-order valence-corrected chi connectivity index (χ0v) is 18.4. The number of hydrogen-bond donors (Lipinski definition) is 2. The van der Waals surface area contributed by atoms with Crippen LogP contribution in [0.4, 0.5) is 13.2 Å². The molecule has 0 bridgehead atoms. The summed E-state index contributed by atoms with van der Waals surface area (Å²) in [7, 11) is -3.95. The first-order valence-corrected chi connectivity index (χ1v) is 11.1. The highest BCUT2D eigenvalue weighted by Gasteiger charge is 2.40. The van der Waals surface area contributed by atoms with E-state index in [2.05, 4.69) is 5.10 Å². The molecule has 0 saturated carbocycles. The van der Waals surface area contributed by atoms with Gasteiger partial charge in [0.25, 0.3) is 0 Å². The Morgan fingerprint density at radius 3 is 1.94 bits per heavy atom. The summed E-state index contributed by atoms with van der Waals surface area (Å²) in [4.78, 5) is -0.139. The van der Waals surface area contributed by atoms with Crippen molar-refractivity contribution in [2.45, 2.75) is 18.0 Å². The van der Waals surface area contributed by atoms with E-state index in [4.69, 9.17) is 5.14 Å². The molecule has 0 fully saturated rings. The monoisotopic (exact) mass is 474 g/mol. The molecule has 0 amide bonds. The number of hydrogen-bond acceptors (Lipinski definition) is 4. The van der Waals surface area contributed by atoms with Crippen molar-refractivity contribution in [3.8, 4) is 28.1 Å². The molecule has 172 valence electrons. The Hall–Kier alpha value is -3.47. The van der Waals surface area contributed by atoms with E-state index in [0.29, 0.717) is 16.8 Å². The highest BCUT2D eigenvalue weighted by atomic mass is 32.2. The SMILES string of the molecule is Cc1ccc(-n2nc(C(F)(F)F)c(-c3ccccc3)c2-c2ccc(S(N)(=O)=O)cc2)cc1.N. The zero-order chi connectivity index (χ0) is 23.1. The lowest BCUT2D eigenvalue weighted by molar-refractivity contribution is -0.140. The lowest BCUT2D eigenvalue weighted by Crippen LogP contribution is -2.11. The van der Waals surface area contributed by atoms with Gasteiger partial charge in [0.05, 0.1) is 16.3 Å². The van der Waals surface area contributed by atoms with Crippen LogP contribution in [0, 0.1) is 6.92 Å². The summed E-state index contributed by atoms with van der Waals surface area (Å²) in [6.45, 7) is 1.87. The number of primary sulfonamides is 1. The molecule has 4 aromatic rings. The maximum Gasteiger partial charge on any atom is 0.435 e. The second kappa shape index (κ2) is 8.81. The molecular weight excluding hydrogens is 453 g/mol. The van der Waals surface area contributed by atoms with E-state index < -0.39 is 21.9 Å². The van der Waals surface area contributed by atoms with Crippen LogP contribution < -0.4 is 11.3 Å². The Labute approximate surface area is 189 Å². The molecule has 6 nitrogen and oxygen atoms in total. The number of aromatic nitrogens is 2. The van der Waals surface area contributed by atoms with Crippen LogP contribution in [0.1, 0.15) is 11.3 Å². The van der Waals surface area contributed by atoms with Crippen molar-refractivity contribution < 1.29 is 21.6 Å². The Kier molecular flexibility index (Phi) is 6.46. The van der Waals surface area contributed by atoms with E-state index in [-0.39, 0.29) is 22.3 Å². The maximum absolute atomic E-state index is 14.1. The summed E-state index contributed by atoms with van der Waals surface area (Å²) in [5, 5.41) is 9.12. The van der Waals surface area contributed by atoms with Gasteiger partial charge in [0, 0.05) is 11.1 Å². The molecule has 0 aliphatic rings. The molecule has 4 rings (SSSR count). The van der Waals surface area contributed by atoms with Gasteiger partial charge in [-0.15, -0.1) is 0 Å². The summed E-state index contributed by atoms with van der Waals surface area (Å²) in [5.74, 6) is 0. The lowest BCUT2D eigenvalue weighted by atomic mass is 9.98. The van der Waals surface area contributed by atoms with Crippen LogP contribution in [0.2, 0.25) is 0 Å². The van der Waals surface area contributed by atoms with Crippen molar-refractivity contribution in [2.75, 3.05) is 0 Å². The normalized spacial score (nSPS) is 11.8. The van der Waals surface area contributed by atoms with Crippen molar-refractivity contribution in [1.29, 1.82) is 0 Å². The number of halogens is 3. The summed E-state index contributed by atoms with van der Waals surface area (Å²) in [6, 6.07) is 20.4. The standard InChI is InChI=1S/C23H18F3N3O2S.H3N/c1-15-7-11-18(12-8-15)29-21(17-9-13-19(14-10-17)32(27,30)31)20(16-5-3-2-4-6-16)22(28-29)23(24,25)26;/h2-14H,1H3,(H2,27,30,31);1H3. The average molecular weight is 475 g/mol. The number of aryl methyl sites for hydroxylation is 1. The molecule has 10 heteroatoms. The van der Waals surface area contributed by atoms with Crippen molar-refractivity contribution >= 4 is 10.0 Å². The molecule has 33 heavy (non-hydrogen) atoms. The van der Waals surface area contributed by atoms with Gasteiger partial charge in [-0.25, -0.2) is 18.2 Å². The number of nitrogens with zero attached hydrogens (tertiary/aromatic N) is 2. The highest BCUT2D eigenvalue weighted by molar-refractivity contribution is 7.89. The first kappa shape index (κ1) is 24.2. The van der Waals surface area contributed by atoms with E-state index in [0.717, 1.165) is 5.56 Å². The minimum absolute atomic E-state index is 0. The van der Waals surface area contributed by atoms with E-state index >= 15 is 0 Å².